The van der Waals surface area contributed by atoms with E-state index < -0.39 is 23.1 Å². The van der Waals surface area contributed by atoms with E-state index in [0.29, 0.717) is 31.5 Å². The number of carbonyl (C=O) groups is 3. The smallest absolute Gasteiger partial charge is 0.303 e. The third kappa shape index (κ3) is 1.98. The molecule has 4 aliphatic rings. The van der Waals surface area contributed by atoms with Gasteiger partial charge in [-0.3, -0.25) is 14.4 Å². The van der Waals surface area contributed by atoms with E-state index in [2.05, 4.69) is 0 Å². The van der Waals surface area contributed by atoms with Crippen molar-refractivity contribution in [3.05, 3.63) is 23.3 Å². The minimum Gasteiger partial charge on any atom is -0.455 e. The molecule has 0 spiro atoms. The topological polar surface area (TPSA) is 80.7 Å². The van der Waals surface area contributed by atoms with E-state index in [1.807, 2.05) is 13.8 Å². The fraction of sp³-hybridized carbons (Fsp3) is 0.667. The Morgan fingerprint density at radius 1 is 1.19 bits per heavy atom. The van der Waals surface area contributed by atoms with Gasteiger partial charge in [0.25, 0.3) is 0 Å². The Labute approximate surface area is 153 Å². The number of ketones is 2. The lowest BCUT2D eigenvalue weighted by Crippen LogP contribution is -2.66. The Hall–Kier alpha value is -1.75. The molecule has 1 unspecified atom stereocenters. The van der Waals surface area contributed by atoms with Crippen molar-refractivity contribution in [2.24, 2.45) is 16.7 Å². The summed E-state index contributed by atoms with van der Waals surface area (Å²) in [5.41, 5.74) is -0.429. The quantitative estimate of drug-likeness (QED) is 0.576. The number of Topliss-reactive ketones (excluding diaryl/α,β-unsaturated/α-hetero) is 1. The number of aliphatic hydroxyl groups is 1. The summed E-state index contributed by atoms with van der Waals surface area (Å²) < 4.78 is 5.38. The summed E-state index contributed by atoms with van der Waals surface area (Å²) in [5, 5.41) is 11.6. The molecule has 0 aliphatic heterocycles. The van der Waals surface area contributed by atoms with Crippen LogP contribution in [0.1, 0.15) is 59.3 Å². The van der Waals surface area contributed by atoms with E-state index in [9.17, 15) is 19.5 Å². The molecular weight excluding hydrogens is 332 g/mol. The third-order valence-corrected chi connectivity index (χ3v) is 7.69. The Balaban J connectivity index is 1.83. The van der Waals surface area contributed by atoms with E-state index in [4.69, 9.17) is 4.74 Å². The number of allylic oxidation sites excluding steroid dienone is 3. The van der Waals surface area contributed by atoms with Crippen molar-refractivity contribution >= 4 is 17.5 Å². The normalized spacial score (nSPS) is 44.5. The van der Waals surface area contributed by atoms with Crippen LogP contribution < -0.4 is 0 Å². The van der Waals surface area contributed by atoms with Crippen LogP contribution in [0.15, 0.2) is 23.3 Å². The molecule has 0 aromatic heterocycles. The van der Waals surface area contributed by atoms with Crippen LogP contribution in [-0.2, 0) is 19.1 Å². The van der Waals surface area contributed by atoms with E-state index in [1.165, 1.54) is 30.2 Å². The SMILES string of the molecule is CC(=O)O[C@H]1C=CC(=O)[C@]2(C)C3CC[C@]4(C)C(=O)CCC4=C3CC[C@@]12O. The lowest BCUT2D eigenvalue weighted by molar-refractivity contribution is -0.198. The molecule has 0 heterocycles. The van der Waals surface area contributed by atoms with Crippen molar-refractivity contribution in [2.75, 3.05) is 0 Å². The Morgan fingerprint density at radius 3 is 2.62 bits per heavy atom. The molecule has 2 saturated carbocycles. The first-order valence-electron chi connectivity index (χ1n) is 9.52. The second kappa shape index (κ2) is 5.38. The predicted molar refractivity (Wildman–Crippen MR) is 94.1 cm³/mol. The number of rotatable bonds is 1. The molecular formula is C21H26O5. The Morgan fingerprint density at radius 2 is 1.92 bits per heavy atom. The largest absolute Gasteiger partial charge is 0.455 e. The molecule has 5 heteroatoms. The summed E-state index contributed by atoms with van der Waals surface area (Å²) in [5.74, 6) is -0.381. The molecule has 5 nitrogen and oxygen atoms in total. The average molecular weight is 358 g/mol. The van der Waals surface area contributed by atoms with Crippen molar-refractivity contribution < 1.29 is 24.2 Å². The summed E-state index contributed by atoms with van der Waals surface area (Å²) in [6, 6.07) is 0. The van der Waals surface area contributed by atoms with Gasteiger partial charge in [-0.05, 0) is 64.0 Å². The van der Waals surface area contributed by atoms with E-state index in [-0.39, 0.29) is 17.1 Å². The molecule has 1 N–H and O–H groups in total. The zero-order valence-corrected chi connectivity index (χ0v) is 15.6. The summed E-state index contributed by atoms with van der Waals surface area (Å²) in [4.78, 5) is 37.0. The maximum absolute atomic E-state index is 13.0. The Kier molecular flexibility index (Phi) is 3.65. The van der Waals surface area contributed by atoms with E-state index >= 15 is 0 Å². The monoisotopic (exact) mass is 358 g/mol. The third-order valence-electron chi connectivity index (χ3n) is 7.69. The fourth-order valence-electron chi connectivity index (χ4n) is 6.08. The second-order valence-corrected chi connectivity index (χ2v) is 8.73. The molecule has 5 atom stereocenters. The van der Waals surface area contributed by atoms with Crippen LogP contribution in [0.4, 0.5) is 0 Å². The number of fused-ring (bicyclic) bond motifs is 4. The van der Waals surface area contributed by atoms with Gasteiger partial charge in [0, 0.05) is 18.8 Å². The van der Waals surface area contributed by atoms with Gasteiger partial charge in [-0.25, -0.2) is 0 Å². The highest BCUT2D eigenvalue weighted by Crippen LogP contribution is 2.62. The highest BCUT2D eigenvalue weighted by molar-refractivity contribution is 5.98. The molecule has 2 fully saturated rings. The number of hydrogen-bond acceptors (Lipinski definition) is 5. The predicted octanol–water partition coefficient (Wildman–Crippen LogP) is 2.66. The number of hydrogen-bond donors (Lipinski definition) is 1. The van der Waals surface area contributed by atoms with Crippen molar-refractivity contribution in [1.82, 2.24) is 0 Å². The first kappa shape index (κ1) is 17.7. The van der Waals surface area contributed by atoms with Gasteiger partial charge in [-0.15, -0.1) is 0 Å². The van der Waals surface area contributed by atoms with Crippen molar-refractivity contribution in [1.29, 1.82) is 0 Å². The number of ether oxygens (including phenoxy) is 1. The van der Waals surface area contributed by atoms with Gasteiger partial charge in [0.1, 0.15) is 17.5 Å². The molecule has 0 radical (unpaired) electrons. The van der Waals surface area contributed by atoms with Gasteiger partial charge in [0.15, 0.2) is 5.78 Å². The van der Waals surface area contributed by atoms with Crippen LogP contribution in [0.25, 0.3) is 0 Å². The lowest BCUT2D eigenvalue weighted by atomic mass is 9.48. The maximum atomic E-state index is 13.0. The van der Waals surface area contributed by atoms with E-state index in [1.54, 1.807) is 0 Å². The van der Waals surface area contributed by atoms with E-state index in [0.717, 1.165) is 12.8 Å². The van der Waals surface area contributed by atoms with Crippen molar-refractivity contribution in [3.8, 4) is 0 Å². The summed E-state index contributed by atoms with van der Waals surface area (Å²) in [7, 11) is 0. The van der Waals surface area contributed by atoms with Crippen LogP contribution in [-0.4, -0.2) is 34.3 Å². The highest BCUT2D eigenvalue weighted by Gasteiger charge is 2.66. The van der Waals surface area contributed by atoms with Gasteiger partial charge in [-0.2, -0.15) is 0 Å². The minimum absolute atomic E-state index is 0.106. The highest BCUT2D eigenvalue weighted by atomic mass is 16.6. The summed E-state index contributed by atoms with van der Waals surface area (Å²) >= 11 is 0. The van der Waals surface area contributed by atoms with Crippen LogP contribution in [0.3, 0.4) is 0 Å². The minimum atomic E-state index is -1.41. The number of esters is 1. The first-order chi connectivity index (χ1) is 12.1. The van der Waals surface area contributed by atoms with Gasteiger partial charge in [0.05, 0.1) is 5.41 Å². The zero-order chi connectivity index (χ0) is 18.9. The maximum Gasteiger partial charge on any atom is 0.303 e. The van der Waals surface area contributed by atoms with Crippen molar-refractivity contribution in [2.45, 2.75) is 71.0 Å². The molecule has 0 aromatic rings. The van der Waals surface area contributed by atoms with Gasteiger partial charge < -0.3 is 9.84 Å². The van der Waals surface area contributed by atoms with Crippen LogP contribution >= 0.6 is 0 Å². The second-order valence-electron chi connectivity index (χ2n) is 8.73. The van der Waals surface area contributed by atoms with Gasteiger partial charge in [-0.1, -0.05) is 11.1 Å². The van der Waals surface area contributed by atoms with Crippen LogP contribution in [0.2, 0.25) is 0 Å². The fourth-order valence-corrected chi connectivity index (χ4v) is 6.08. The zero-order valence-electron chi connectivity index (χ0n) is 15.6. The van der Waals surface area contributed by atoms with Crippen LogP contribution in [0.5, 0.6) is 0 Å². The first-order valence-corrected chi connectivity index (χ1v) is 9.52. The van der Waals surface area contributed by atoms with Crippen molar-refractivity contribution in [3.63, 3.8) is 0 Å². The number of carbonyl (C=O) groups excluding carboxylic acids is 3. The Bertz CT molecular complexity index is 777. The summed E-state index contributed by atoms with van der Waals surface area (Å²) in [6.07, 6.45) is 5.94. The standard InChI is InChI=1S/C21H26O5/c1-12(22)26-18-7-6-17(24)20(3)15-9-10-19(2)14(4-5-16(19)23)13(15)8-11-21(18,20)25/h6-7,15,18,25H,4-5,8-11H2,1-3H3/t15?,18-,19-,20-,21+/m0/s1. The summed E-state index contributed by atoms with van der Waals surface area (Å²) in [6.45, 7) is 5.17. The van der Waals surface area contributed by atoms with Gasteiger partial charge >= 0.3 is 5.97 Å². The average Bonchev–Trinajstić information content (AvgIpc) is 2.88. The molecule has 4 rings (SSSR count). The molecule has 4 aliphatic carbocycles. The van der Waals surface area contributed by atoms with Gasteiger partial charge in [0.2, 0.25) is 0 Å². The molecule has 26 heavy (non-hydrogen) atoms. The molecule has 0 saturated heterocycles. The lowest BCUT2D eigenvalue weighted by Gasteiger charge is -2.58. The molecule has 0 aromatic carbocycles. The van der Waals surface area contributed by atoms with Crippen LogP contribution in [0, 0.1) is 16.7 Å². The molecule has 0 amide bonds. The molecule has 0 bridgehead atoms. The molecule has 140 valence electrons.